The van der Waals surface area contributed by atoms with E-state index in [0.29, 0.717) is 11.1 Å². The maximum Gasteiger partial charge on any atom is 0.131 e. The van der Waals surface area contributed by atoms with Crippen molar-refractivity contribution in [1.29, 1.82) is 0 Å². The molecule has 0 aliphatic carbocycles. The molecule has 3 heteroatoms. The molecule has 0 amide bonds. The number of aryl methyl sites for hydroxylation is 2. The second-order valence-electron chi connectivity index (χ2n) is 7.56. The number of hydrogen-bond donors (Lipinski definition) is 0. The second kappa shape index (κ2) is 11.8. The largest absolute Gasteiger partial charge is 0.206 e. The molecule has 0 spiro atoms. The van der Waals surface area contributed by atoms with Gasteiger partial charge in [-0.3, -0.25) is 0 Å². The molecule has 0 N–H and O–H groups in total. The molecule has 0 atom stereocenters. The Hall–Kier alpha value is -3.33. The fourth-order valence-corrected chi connectivity index (χ4v) is 3.42. The van der Waals surface area contributed by atoms with Crippen molar-refractivity contribution in [3.63, 3.8) is 0 Å². The minimum Gasteiger partial charge on any atom is -0.206 e. The molecule has 3 aromatic rings. The molecule has 0 aliphatic heterocycles. The van der Waals surface area contributed by atoms with E-state index in [4.69, 9.17) is 0 Å². The first-order chi connectivity index (χ1) is 15.2. The first kappa shape index (κ1) is 22.4. The van der Waals surface area contributed by atoms with Gasteiger partial charge in [0.15, 0.2) is 0 Å². The van der Waals surface area contributed by atoms with Gasteiger partial charge in [0, 0.05) is 5.56 Å². The molecule has 3 rings (SSSR count). The molecule has 0 bridgehead atoms. The van der Waals surface area contributed by atoms with Gasteiger partial charge in [-0.25, -0.2) is 4.39 Å². The topological polar surface area (TPSA) is 24.7 Å². The van der Waals surface area contributed by atoms with Crippen LogP contribution in [0.2, 0.25) is 0 Å². The minimum absolute atomic E-state index is 0.260. The second-order valence-corrected chi connectivity index (χ2v) is 7.56. The maximum absolute atomic E-state index is 14.7. The third-order valence-electron chi connectivity index (χ3n) is 5.22. The SMILES string of the molecule is C=CCCc1ccccc1C=NN=Cc1ccc(-c2ccc(CCCC)cc2)c(F)c1. The smallest absolute Gasteiger partial charge is 0.131 e. The monoisotopic (exact) mass is 412 g/mol. The molecular formula is C28H29FN2. The molecule has 2 nitrogen and oxygen atoms in total. The average Bonchev–Trinajstić information content (AvgIpc) is 2.80. The zero-order chi connectivity index (χ0) is 21.9. The van der Waals surface area contributed by atoms with Crippen LogP contribution in [-0.2, 0) is 12.8 Å². The number of nitrogens with zero attached hydrogens (tertiary/aromatic N) is 2. The van der Waals surface area contributed by atoms with Crippen molar-refractivity contribution in [2.45, 2.75) is 39.0 Å². The van der Waals surface area contributed by atoms with Crippen molar-refractivity contribution in [3.05, 3.63) is 107 Å². The van der Waals surface area contributed by atoms with Crippen LogP contribution in [0.25, 0.3) is 11.1 Å². The van der Waals surface area contributed by atoms with Crippen molar-refractivity contribution in [3.8, 4) is 11.1 Å². The Kier molecular flexibility index (Phi) is 8.48. The van der Waals surface area contributed by atoms with E-state index in [0.717, 1.165) is 30.4 Å². The predicted octanol–water partition coefficient (Wildman–Crippen LogP) is 7.41. The van der Waals surface area contributed by atoms with Crippen LogP contribution in [0.1, 0.15) is 48.4 Å². The fraction of sp³-hybridized carbons (Fsp3) is 0.214. The van der Waals surface area contributed by atoms with Gasteiger partial charge in [0.25, 0.3) is 0 Å². The van der Waals surface area contributed by atoms with E-state index < -0.39 is 0 Å². The third kappa shape index (κ3) is 6.58. The summed E-state index contributed by atoms with van der Waals surface area (Å²) in [6.45, 7) is 5.96. The van der Waals surface area contributed by atoms with Crippen molar-refractivity contribution >= 4 is 12.4 Å². The molecule has 0 fully saturated rings. The predicted molar refractivity (Wildman–Crippen MR) is 131 cm³/mol. The number of halogens is 1. The van der Waals surface area contributed by atoms with E-state index in [9.17, 15) is 4.39 Å². The van der Waals surface area contributed by atoms with E-state index in [1.54, 1.807) is 18.5 Å². The van der Waals surface area contributed by atoms with Gasteiger partial charge >= 0.3 is 0 Å². The van der Waals surface area contributed by atoms with Gasteiger partial charge in [0.05, 0.1) is 12.4 Å². The summed E-state index contributed by atoms with van der Waals surface area (Å²) < 4.78 is 14.7. The summed E-state index contributed by atoms with van der Waals surface area (Å²) in [5.41, 5.74) is 5.69. The summed E-state index contributed by atoms with van der Waals surface area (Å²) in [7, 11) is 0. The van der Waals surface area contributed by atoms with Gasteiger partial charge in [-0.2, -0.15) is 10.2 Å². The zero-order valence-electron chi connectivity index (χ0n) is 18.1. The Morgan fingerprint density at radius 2 is 1.68 bits per heavy atom. The van der Waals surface area contributed by atoms with E-state index >= 15 is 0 Å². The molecule has 31 heavy (non-hydrogen) atoms. The minimum atomic E-state index is -0.260. The molecule has 0 saturated carbocycles. The van der Waals surface area contributed by atoms with E-state index in [1.165, 1.54) is 30.0 Å². The van der Waals surface area contributed by atoms with Crippen molar-refractivity contribution in [2.24, 2.45) is 10.2 Å². The number of unbranched alkanes of at least 4 members (excludes halogenated alkanes) is 1. The molecule has 0 unspecified atom stereocenters. The Morgan fingerprint density at radius 3 is 2.42 bits per heavy atom. The maximum atomic E-state index is 14.7. The van der Waals surface area contributed by atoms with Gasteiger partial charge in [0.1, 0.15) is 5.82 Å². The molecule has 0 heterocycles. The van der Waals surface area contributed by atoms with Crippen molar-refractivity contribution in [2.75, 3.05) is 0 Å². The highest BCUT2D eigenvalue weighted by molar-refractivity contribution is 5.84. The molecular weight excluding hydrogens is 383 g/mol. The lowest BCUT2D eigenvalue weighted by atomic mass is 10.0. The summed E-state index contributed by atoms with van der Waals surface area (Å²) in [4.78, 5) is 0. The summed E-state index contributed by atoms with van der Waals surface area (Å²) in [5, 5.41) is 8.25. The van der Waals surface area contributed by atoms with Crippen molar-refractivity contribution in [1.82, 2.24) is 0 Å². The summed E-state index contributed by atoms with van der Waals surface area (Å²) in [6.07, 6.45) is 10.5. The summed E-state index contributed by atoms with van der Waals surface area (Å²) in [6, 6.07) is 21.4. The van der Waals surface area contributed by atoms with Crippen LogP contribution in [-0.4, -0.2) is 12.4 Å². The average molecular weight is 413 g/mol. The van der Waals surface area contributed by atoms with Crippen LogP contribution in [0, 0.1) is 5.82 Å². The van der Waals surface area contributed by atoms with Gasteiger partial charge < -0.3 is 0 Å². The van der Waals surface area contributed by atoms with Crippen LogP contribution in [0.3, 0.4) is 0 Å². The van der Waals surface area contributed by atoms with Crippen LogP contribution in [0.4, 0.5) is 4.39 Å². The van der Waals surface area contributed by atoms with E-state index in [-0.39, 0.29) is 5.82 Å². The lowest BCUT2D eigenvalue weighted by molar-refractivity contribution is 0.631. The lowest BCUT2D eigenvalue weighted by Gasteiger charge is -2.06. The fourth-order valence-electron chi connectivity index (χ4n) is 3.42. The van der Waals surface area contributed by atoms with Gasteiger partial charge in [-0.1, -0.05) is 80.1 Å². The number of rotatable bonds is 10. The van der Waals surface area contributed by atoms with Crippen LogP contribution in [0.15, 0.2) is 89.6 Å². The van der Waals surface area contributed by atoms with Crippen LogP contribution < -0.4 is 0 Å². The Morgan fingerprint density at radius 1 is 0.903 bits per heavy atom. The summed E-state index contributed by atoms with van der Waals surface area (Å²) in [5.74, 6) is -0.260. The highest BCUT2D eigenvalue weighted by Gasteiger charge is 2.06. The van der Waals surface area contributed by atoms with E-state index in [2.05, 4.69) is 41.9 Å². The Labute approximate surface area is 184 Å². The molecule has 0 saturated heterocycles. The van der Waals surface area contributed by atoms with Gasteiger partial charge in [0.2, 0.25) is 0 Å². The highest BCUT2D eigenvalue weighted by Crippen LogP contribution is 2.24. The van der Waals surface area contributed by atoms with E-state index in [1.807, 2.05) is 42.5 Å². The summed E-state index contributed by atoms with van der Waals surface area (Å²) >= 11 is 0. The number of benzene rings is 3. The van der Waals surface area contributed by atoms with Crippen LogP contribution >= 0.6 is 0 Å². The van der Waals surface area contributed by atoms with Gasteiger partial charge in [-0.05, 0) is 59.6 Å². The first-order valence-corrected chi connectivity index (χ1v) is 10.9. The zero-order valence-corrected chi connectivity index (χ0v) is 18.1. The molecule has 3 aromatic carbocycles. The standard InChI is InChI=1S/C28H29FN2/c1-3-5-9-22-13-16-25(17-14-22)27-18-15-23(19-28(27)29)20-30-31-21-26-12-8-7-11-24(26)10-6-4-2/h4,7-8,11-21H,2-3,5-6,9-10H2,1H3. The molecule has 0 radical (unpaired) electrons. The highest BCUT2D eigenvalue weighted by atomic mass is 19.1. The molecule has 0 aromatic heterocycles. The first-order valence-electron chi connectivity index (χ1n) is 10.9. The molecule has 0 aliphatic rings. The lowest BCUT2D eigenvalue weighted by Crippen LogP contribution is -1.92. The normalized spacial score (nSPS) is 11.4. The Balaban J connectivity index is 1.67. The van der Waals surface area contributed by atoms with Crippen LogP contribution in [0.5, 0.6) is 0 Å². The third-order valence-corrected chi connectivity index (χ3v) is 5.22. The number of allylic oxidation sites excluding steroid dienone is 1. The Bertz CT molecular complexity index is 1050. The van der Waals surface area contributed by atoms with Crippen molar-refractivity contribution < 1.29 is 4.39 Å². The quantitative estimate of drug-likeness (QED) is 0.188. The van der Waals surface area contributed by atoms with Gasteiger partial charge in [-0.15, -0.1) is 6.58 Å². The number of hydrogen-bond acceptors (Lipinski definition) is 2. The molecule has 158 valence electrons.